The van der Waals surface area contributed by atoms with Crippen molar-refractivity contribution in [3.63, 3.8) is 0 Å². The molecule has 6 heteroatoms. The van der Waals surface area contributed by atoms with E-state index >= 15 is 0 Å². The lowest BCUT2D eigenvalue weighted by molar-refractivity contribution is -0.120. The largest absolute Gasteiger partial charge is 0.508 e. The van der Waals surface area contributed by atoms with Crippen LogP contribution in [0.25, 0.3) is 0 Å². The van der Waals surface area contributed by atoms with E-state index in [-0.39, 0.29) is 24.2 Å². The van der Waals surface area contributed by atoms with Crippen LogP contribution in [-0.4, -0.2) is 22.6 Å². The van der Waals surface area contributed by atoms with Crippen molar-refractivity contribution in [1.82, 2.24) is 4.98 Å². The van der Waals surface area contributed by atoms with Crippen LogP contribution in [0.1, 0.15) is 25.3 Å². The van der Waals surface area contributed by atoms with Crippen molar-refractivity contribution in [3.8, 4) is 23.3 Å². The van der Waals surface area contributed by atoms with Crippen LogP contribution in [0.4, 0.5) is 0 Å². The molecule has 0 atom stereocenters. The van der Waals surface area contributed by atoms with Gasteiger partial charge in [-0.3, -0.25) is 4.79 Å². The molecule has 6 nitrogen and oxygen atoms in total. The van der Waals surface area contributed by atoms with Crippen molar-refractivity contribution in [2.75, 3.05) is 6.61 Å². The summed E-state index contributed by atoms with van der Waals surface area (Å²) in [6, 6.07) is 9.96. The minimum absolute atomic E-state index is 0.168. The molecule has 1 amide bonds. The maximum Gasteiger partial charge on any atom is 0.255 e. The number of nitrogens with zero attached hydrogens (tertiary/aromatic N) is 1. The van der Waals surface area contributed by atoms with Crippen molar-refractivity contribution >= 4 is 5.91 Å². The first-order valence-electron chi connectivity index (χ1n) is 6.84. The van der Waals surface area contributed by atoms with Gasteiger partial charge in [0.1, 0.15) is 11.5 Å². The van der Waals surface area contributed by atoms with E-state index in [0.717, 1.165) is 5.56 Å². The number of hydrogen-bond acceptors (Lipinski definition) is 5. The van der Waals surface area contributed by atoms with Gasteiger partial charge in [0.05, 0.1) is 0 Å². The number of carbonyl (C=O) groups excluding carboxylic acids is 1. The molecule has 0 spiro atoms. The zero-order chi connectivity index (χ0) is 16.1. The summed E-state index contributed by atoms with van der Waals surface area (Å²) in [7, 11) is 0. The lowest BCUT2D eigenvalue weighted by atomic mass is 10.0. The number of benzene rings is 1. The number of aromatic hydroxyl groups is 1. The van der Waals surface area contributed by atoms with Crippen LogP contribution in [0.15, 0.2) is 36.4 Å². The fourth-order valence-electron chi connectivity index (χ4n) is 1.86. The van der Waals surface area contributed by atoms with Crippen LogP contribution in [-0.2, 0) is 4.79 Å². The summed E-state index contributed by atoms with van der Waals surface area (Å²) in [5.74, 6) is 0.950. The number of ether oxygens (including phenoxy) is 2. The molecular formula is C16H18N2O4. The number of phenolic OH excluding ortho intramolecular Hbond substituents is 1. The molecule has 0 aliphatic rings. The third-order valence-electron chi connectivity index (χ3n) is 2.90. The Morgan fingerprint density at radius 3 is 2.68 bits per heavy atom. The van der Waals surface area contributed by atoms with Gasteiger partial charge in [-0.05, 0) is 24.1 Å². The molecule has 1 aromatic carbocycles. The molecule has 0 saturated carbocycles. The highest BCUT2D eigenvalue weighted by atomic mass is 16.5. The smallest absolute Gasteiger partial charge is 0.255 e. The first kappa shape index (κ1) is 15.6. The number of nitrogens with two attached hydrogens (primary N) is 1. The van der Waals surface area contributed by atoms with Crippen LogP contribution in [0.2, 0.25) is 0 Å². The molecule has 1 heterocycles. The standard InChI is InChI=1S/C16H18N2O4/c1-10(2)12-8-11(6-7-13(12)19)22-16-5-3-4-15(18-16)21-9-14(17)20/h3-8,10,19H,9H2,1-2H3,(H2,17,20). The Bertz CT molecular complexity index is 671. The van der Waals surface area contributed by atoms with E-state index in [4.69, 9.17) is 15.2 Å². The third kappa shape index (κ3) is 4.12. The molecule has 2 aromatic rings. The van der Waals surface area contributed by atoms with Gasteiger partial charge in [-0.2, -0.15) is 4.98 Å². The third-order valence-corrected chi connectivity index (χ3v) is 2.90. The van der Waals surface area contributed by atoms with Crippen LogP contribution < -0.4 is 15.2 Å². The summed E-state index contributed by atoms with van der Waals surface area (Å²) >= 11 is 0. The zero-order valence-corrected chi connectivity index (χ0v) is 12.4. The predicted octanol–water partition coefficient (Wildman–Crippen LogP) is 2.57. The van der Waals surface area contributed by atoms with Gasteiger partial charge >= 0.3 is 0 Å². The fraction of sp³-hybridized carbons (Fsp3) is 0.250. The highest BCUT2D eigenvalue weighted by Crippen LogP contribution is 2.31. The Kier molecular flexibility index (Phi) is 4.83. The normalized spacial score (nSPS) is 10.5. The Morgan fingerprint density at radius 2 is 2.00 bits per heavy atom. The molecule has 0 bridgehead atoms. The van der Waals surface area contributed by atoms with Gasteiger partial charge in [0.15, 0.2) is 6.61 Å². The van der Waals surface area contributed by atoms with E-state index in [1.165, 1.54) is 0 Å². The van der Waals surface area contributed by atoms with Crippen molar-refractivity contribution in [3.05, 3.63) is 42.0 Å². The molecule has 3 N–H and O–H groups in total. The number of rotatable bonds is 6. The van der Waals surface area contributed by atoms with Gasteiger partial charge in [-0.25, -0.2) is 0 Å². The Labute approximate surface area is 128 Å². The van der Waals surface area contributed by atoms with E-state index < -0.39 is 5.91 Å². The lowest BCUT2D eigenvalue weighted by Gasteiger charge is -2.11. The van der Waals surface area contributed by atoms with Gasteiger partial charge in [0.25, 0.3) is 5.91 Å². The molecule has 0 aliphatic heterocycles. The SMILES string of the molecule is CC(C)c1cc(Oc2cccc(OCC(N)=O)n2)ccc1O. The predicted molar refractivity (Wildman–Crippen MR) is 81.2 cm³/mol. The highest BCUT2D eigenvalue weighted by molar-refractivity contribution is 5.75. The van der Waals surface area contributed by atoms with Crippen LogP contribution >= 0.6 is 0 Å². The number of hydrogen-bond donors (Lipinski definition) is 2. The van der Waals surface area contributed by atoms with E-state index in [2.05, 4.69) is 4.98 Å². The zero-order valence-electron chi connectivity index (χ0n) is 12.4. The topological polar surface area (TPSA) is 94.7 Å². The number of phenols is 1. The summed E-state index contributed by atoms with van der Waals surface area (Å²) in [4.78, 5) is 14.8. The van der Waals surface area contributed by atoms with Gasteiger partial charge in [-0.15, -0.1) is 0 Å². The second-order valence-electron chi connectivity index (χ2n) is 5.05. The van der Waals surface area contributed by atoms with E-state index in [0.29, 0.717) is 11.6 Å². The summed E-state index contributed by atoms with van der Waals surface area (Å²) in [5, 5.41) is 9.80. The van der Waals surface area contributed by atoms with E-state index in [1.807, 2.05) is 13.8 Å². The van der Waals surface area contributed by atoms with Gasteiger partial charge in [-0.1, -0.05) is 19.9 Å². The molecule has 116 valence electrons. The monoisotopic (exact) mass is 302 g/mol. The van der Waals surface area contributed by atoms with Crippen LogP contribution in [0.3, 0.4) is 0 Å². The summed E-state index contributed by atoms with van der Waals surface area (Å²) in [6.07, 6.45) is 0. The maximum absolute atomic E-state index is 10.7. The fourth-order valence-corrected chi connectivity index (χ4v) is 1.86. The Hall–Kier alpha value is -2.76. The van der Waals surface area contributed by atoms with Crippen molar-refractivity contribution in [1.29, 1.82) is 0 Å². The Morgan fingerprint density at radius 1 is 1.27 bits per heavy atom. The molecular weight excluding hydrogens is 284 g/mol. The number of amides is 1. The van der Waals surface area contributed by atoms with Crippen molar-refractivity contribution in [2.24, 2.45) is 5.73 Å². The number of aromatic nitrogens is 1. The molecule has 2 rings (SSSR count). The van der Waals surface area contributed by atoms with Gasteiger partial charge in [0.2, 0.25) is 11.8 Å². The summed E-state index contributed by atoms with van der Waals surface area (Å²) < 4.78 is 10.8. The molecule has 0 unspecified atom stereocenters. The second-order valence-corrected chi connectivity index (χ2v) is 5.05. The quantitative estimate of drug-likeness (QED) is 0.855. The lowest BCUT2D eigenvalue weighted by Crippen LogP contribution is -2.20. The molecule has 0 radical (unpaired) electrons. The van der Waals surface area contributed by atoms with Crippen LogP contribution in [0, 0.1) is 0 Å². The minimum atomic E-state index is -0.576. The average Bonchev–Trinajstić information content (AvgIpc) is 2.47. The van der Waals surface area contributed by atoms with Crippen LogP contribution in [0.5, 0.6) is 23.3 Å². The summed E-state index contributed by atoms with van der Waals surface area (Å²) in [6.45, 7) is 3.72. The van der Waals surface area contributed by atoms with E-state index in [1.54, 1.807) is 36.4 Å². The van der Waals surface area contributed by atoms with E-state index in [9.17, 15) is 9.90 Å². The number of carbonyl (C=O) groups is 1. The molecule has 0 fully saturated rings. The number of primary amides is 1. The van der Waals surface area contributed by atoms with Gasteiger partial charge < -0.3 is 20.3 Å². The minimum Gasteiger partial charge on any atom is -0.508 e. The Balaban J connectivity index is 2.15. The molecule has 0 saturated heterocycles. The van der Waals surface area contributed by atoms with Crippen molar-refractivity contribution in [2.45, 2.75) is 19.8 Å². The van der Waals surface area contributed by atoms with Crippen molar-refractivity contribution < 1.29 is 19.4 Å². The summed E-state index contributed by atoms with van der Waals surface area (Å²) in [5.41, 5.74) is 5.80. The molecule has 22 heavy (non-hydrogen) atoms. The second kappa shape index (κ2) is 6.80. The van der Waals surface area contributed by atoms with Gasteiger partial charge in [0, 0.05) is 17.7 Å². The first-order chi connectivity index (χ1) is 10.5. The molecule has 0 aliphatic carbocycles. The maximum atomic E-state index is 10.7. The molecule has 1 aromatic heterocycles. The average molecular weight is 302 g/mol. The first-order valence-corrected chi connectivity index (χ1v) is 6.84. The highest BCUT2D eigenvalue weighted by Gasteiger charge is 2.09. The number of pyridine rings is 1.